The minimum atomic E-state index is -0.562. The highest BCUT2D eigenvalue weighted by atomic mass is 16.6. The highest BCUT2D eigenvalue weighted by Gasteiger charge is 2.16. The third-order valence-electron chi connectivity index (χ3n) is 3.16. The SMILES string of the molecule is CC(=O)Nc1ccc(NC(=O)COc2cc(C)ccc2[N+](=O)[O-])cc1. The van der Waals surface area contributed by atoms with E-state index in [4.69, 9.17) is 4.74 Å². The van der Waals surface area contributed by atoms with Crippen LogP contribution in [0.25, 0.3) is 0 Å². The van der Waals surface area contributed by atoms with E-state index in [-0.39, 0.29) is 24.0 Å². The van der Waals surface area contributed by atoms with Gasteiger partial charge in [0.05, 0.1) is 4.92 Å². The van der Waals surface area contributed by atoms with E-state index in [1.54, 1.807) is 37.3 Å². The molecule has 2 N–H and O–H groups in total. The van der Waals surface area contributed by atoms with Crippen LogP contribution in [0.4, 0.5) is 17.1 Å². The first-order valence-corrected chi connectivity index (χ1v) is 7.40. The zero-order chi connectivity index (χ0) is 18.4. The van der Waals surface area contributed by atoms with Crippen molar-refractivity contribution in [3.05, 3.63) is 58.1 Å². The lowest BCUT2D eigenvalue weighted by atomic mass is 10.2. The lowest BCUT2D eigenvalue weighted by Gasteiger charge is -2.09. The van der Waals surface area contributed by atoms with Crippen LogP contribution in [0.1, 0.15) is 12.5 Å². The summed E-state index contributed by atoms with van der Waals surface area (Å²) in [5.74, 6) is -0.603. The number of nitrogens with zero attached hydrogens (tertiary/aromatic N) is 1. The minimum Gasteiger partial charge on any atom is -0.477 e. The summed E-state index contributed by atoms with van der Waals surface area (Å²) in [7, 11) is 0. The average molecular weight is 343 g/mol. The van der Waals surface area contributed by atoms with Crippen LogP contribution in [0.3, 0.4) is 0 Å². The molecule has 2 rings (SSSR count). The van der Waals surface area contributed by atoms with Gasteiger partial charge in [-0.2, -0.15) is 0 Å². The smallest absolute Gasteiger partial charge is 0.310 e. The summed E-state index contributed by atoms with van der Waals surface area (Å²) < 4.78 is 5.28. The summed E-state index contributed by atoms with van der Waals surface area (Å²) >= 11 is 0. The van der Waals surface area contributed by atoms with Crippen molar-refractivity contribution in [3.8, 4) is 5.75 Å². The molecule has 0 heterocycles. The fourth-order valence-electron chi connectivity index (χ4n) is 2.07. The van der Waals surface area contributed by atoms with Crippen LogP contribution in [-0.2, 0) is 9.59 Å². The van der Waals surface area contributed by atoms with Gasteiger partial charge in [-0.1, -0.05) is 6.07 Å². The van der Waals surface area contributed by atoms with E-state index < -0.39 is 10.8 Å². The van der Waals surface area contributed by atoms with Crippen LogP contribution in [0.5, 0.6) is 5.75 Å². The molecule has 0 atom stereocenters. The molecule has 0 saturated carbocycles. The first-order chi connectivity index (χ1) is 11.8. The van der Waals surface area contributed by atoms with Gasteiger partial charge in [0.2, 0.25) is 5.91 Å². The van der Waals surface area contributed by atoms with Crippen molar-refractivity contribution in [2.45, 2.75) is 13.8 Å². The van der Waals surface area contributed by atoms with Gasteiger partial charge in [0.25, 0.3) is 5.91 Å². The number of nitro groups is 1. The molecule has 2 amide bonds. The van der Waals surface area contributed by atoms with E-state index in [0.717, 1.165) is 5.56 Å². The molecule has 0 aromatic heterocycles. The Kier molecular flexibility index (Phi) is 5.67. The number of aryl methyl sites for hydroxylation is 1. The quantitative estimate of drug-likeness (QED) is 0.619. The maximum atomic E-state index is 11.9. The number of benzene rings is 2. The molecular formula is C17H17N3O5. The van der Waals surface area contributed by atoms with Crippen molar-refractivity contribution in [2.75, 3.05) is 17.2 Å². The molecule has 25 heavy (non-hydrogen) atoms. The van der Waals surface area contributed by atoms with Gasteiger partial charge in [0.15, 0.2) is 12.4 Å². The van der Waals surface area contributed by atoms with E-state index in [1.165, 1.54) is 19.1 Å². The molecule has 0 unspecified atom stereocenters. The Morgan fingerprint density at radius 2 is 1.68 bits per heavy atom. The molecule has 2 aromatic carbocycles. The van der Waals surface area contributed by atoms with Gasteiger partial charge in [-0.3, -0.25) is 19.7 Å². The van der Waals surface area contributed by atoms with Gasteiger partial charge in [0, 0.05) is 24.4 Å². The Morgan fingerprint density at radius 1 is 1.08 bits per heavy atom. The zero-order valence-electron chi connectivity index (χ0n) is 13.7. The van der Waals surface area contributed by atoms with Gasteiger partial charge in [-0.15, -0.1) is 0 Å². The van der Waals surface area contributed by atoms with E-state index >= 15 is 0 Å². The molecule has 130 valence electrons. The lowest BCUT2D eigenvalue weighted by Crippen LogP contribution is -2.20. The number of amides is 2. The molecule has 0 fully saturated rings. The fraction of sp³-hybridized carbons (Fsp3) is 0.176. The number of anilines is 2. The van der Waals surface area contributed by atoms with Gasteiger partial charge in [0.1, 0.15) is 0 Å². The van der Waals surface area contributed by atoms with Crippen LogP contribution < -0.4 is 15.4 Å². The van der Waals surface area contributed by atoms with E-state index in [0.29, 0.717) is 11.4 Å². The summed E-state index contributed by atoms with van der Waals surface area (Å²) in [6, 6.07) is 11.0. The molecule has 0 aliphatic rings. The Balaban J connectivity index is 1.96. The third kappa shape index (κ3) is 5.31. The topological polar surface area (TPSA) is 111 Å². The van der Waals surface area contributed by atoms with Crippen LogP contribution in [0.2, 0.25) is 0 Å². The molecule has 8 heteroatoms. The minimum absolute atomic E-state index is 0.0427. The second-order valence-electron chi connectivity index (χ2n) is 5.32. The largest absolute Gasteiger partial charge is 0.477 e. The van der Waals surface area contributed by atoms with Crippen LogP contribution >= 0.6 is 0 Å². The molecule has 0 aliphatic carbocycles. The summed E-state index contributed by atoms with van der Waals surface area (Å²) in [6.45, 7) is 2.81. The normalized spacial score (nSPS) is 10.0. The number of ether oxygens (including phenoxy) is 1. The molecule has 2 aromatic rings. The molecule has 0 aliphatic heterocycles. The van der Waals surface area contributed by atoms with Crippen molar-refractivity contribution in [1.29, 1.82) is 0 Å². The number of nitro benzene ring substituents is 1. The molecule has 0 radical (unpaired) electrons. The van der Waals surface area contributed by atoms with Gasteiger partial charge >= 0.3 is 5.69 Å². The third-order valence-corrected chi connectivity index (χ3v) is 3.16. The fourth-order valence-corrected chi connectivity index (χ4v) is 2.07. The monoisotopic (exact) mass is 343 g/mol. The van der Waals surface area contributed by atoms with Gasteiger partial charge in [-0.25, -0.2) is 0 Å². The molecule has 0 saturated heterocycles. The lowest BCUT2D eigenvalue weighted by molar-refractivity contribution is -0.385. The average Bonchev–Trinajstić information content (AvgIpc) is 2.54. The van der Waals surface area contributed by atoms with Crippen molar-refractivity contribution in [3.63, 3.8) is 0 Å². The number of carbonyl (C=O) groups excluding carboxylic acids is 2. The Labute approximate surface area is 144 Å². The summed E-state index contributed by atoms with van der Waals surface area (Å²) in [6.07, 6.45) is 0. The summed E-state index contributed by atoms with van der Waals surface area (Å²) in [4.78, 5) is 33.3. The highest BCUT2D eigenvalue weighted by Crippen LogP contribution is 2.27. The maximum absolute atomic E-state index is 11.9. The number of carbonyl (C=O) groups is 2. The van der Waals surface area contributed by atoms with Crippen molar-refractivity contribution >= 4 is 28.9 Å². The number of rotatable bonds is 6. The zero-order valence-corrected chi connectivity index (χ0v) is 13.7. The molecule has 8 nitrogen and oxygen atoms in total. The Bertz CT molecular complexity index is 802. The summed E-state index contributed by atoms with van der Waals surface area (Å²) in [5, 5.41) is 16.2. The van der Waals surface area contributed by atoms with Crippen molar-refractivity contribution < 1.29 is 19.2 Å². The van der Waals surface area contributed by atoms with E-state index in [9.17, 15) is 19.7 Å². The van der Waals surface area contributed by atoms with Gasteiger partial charge < -0.3 is 15.4 Å². The van der Waals surface area contributed by atoms with Gasteiger partial charge in [-0.05, 0) is 42.8 Å². The molecular weight excluding hydrogens is 326 g/mol. The highest BCUT2D eigenvalue weighted by molar-refractivity contribution is 5.93. The molecule has 0 bridgehead atoms. The Morgan fingerprint density at radius 3 is 2.24 bits per heavy atom. The van der Waals surface area contributed by atoms with E-state index in [1.807, 2.05) is 0 Å². The Hall–Kier alpha value is -3.42. The maximum Gasteiger partial charge on any atom is 0.310 e. The van der Waals surface area contributed by atoms with Crippen molar-refractivity contribution in [1.82, 2.24) is 0 Å². The van der Waals surface area contributed by atoms with Crippen LogP contribution in [0, 0.1) is 17.0 Å². The van der Waals surface area contributed by atoms with E-state index in [2.05, 4.69) is 10.6 Å². The first-order valence-electron chi connectivity index (χ1n) is 7.40. The second-order valence-corrected chi connectivity index (χ2v) is 5.32. The first kappa shape index (κ1) is 17.9. The van der Waals surface area contributed by atoms with Crippen LogP contribution in [-0.4, -0.2) is 23.3 Å². The molecule has 0 spiro atoms. The number of hydrogen-bond donors (Lipinski definition) is 2. The second kappa shape index (κ2) is 7.91. The van der Waals surface area contributed by atoms with Crippen LogP contribution in [0.15, 0.2) is 42.5 Å². The number of hydrogen-bond acceptors (Lipinski definition) is 5. The predicted molar refractivity (Wildman–Crippen MR) is 92.7 cm³/mol. The number of nitrogens with one attached hydrogen (secondary N) is 2. The predicted octanol–water partition coefficient (Wildman–Crippen LogP) is 2.88. The standard InChI is InChI=1S/C17H17N3O5/c1-11-3-8-15(20(23)24)16(9-11)25-10-17(22)19-14-6-4-13(5-7-14)18-12(2)21/h3-9H,10H2,1-2H3,(H,18,21)(H,19,22). The summed E-state index contributed by atoms with van der Waals surface area (Å²) in [5.41, 5.74) is 1.71. The van der Waals surface area contributed by atoms with Crippen molar-refractivity contribution in [2.24, 2.45) is 0 Å².